The van der Waals surface area contributed by atoms with Gasteiger partial charge in [-0.15, -0.1) is 0 Å². The van der Waals surface area contributed by atoms with Gasteiger partial charge in [0, 0.05) is 6.42 Å². The highest BCUT2D eigenvalue weighted by Crippen LogP contribution is 2.14. The van der Waals surface area contributed by atoms with E-state index >= 15 is 0 Å². The molecule has 0 aromatic heterocycles. The van der Waals surface area contributed by atoms with Gasteiger partial charge in [-0.3, -0.25) is 4.79 Å². The number of rotatable bonds is 1. The van der Waals surface area contributed by atoms with Crippen LogP contribution in [0.25, 0.3) is 0 Å². The van der Waals surface area contributed by atoms with Crippen LogP contribution in [-0.2, 0) is 9.53 Å². The maximum Gasteiger partial charge on any atom is 0.309 e. The first kappa shape index (κ1) is 7.32. The maximum atomic E-state index is 10.7. The molecule has 1 aliphatic rings. The molecule has 1 rings (SSSR count). The molecule has 0 unspecified atom stereocenters. The molecule has 1 saturated heterocycles. The van der Waals surface area contributed by atoms with Gasteiger partial charge in [0.15, 0.2) is 0 Å². The van der Waals surface area contributed by atoms with Crippen LogP contribution >= 0.6 is 0 Å². The van der Waals surface area contributed by atoms with E-state index in [9.17, 15) is 4.79 Å². The highest BCUT2D eigenvalue weighted by molar-refractivity contribution is 5.73. The van der Waals surface area contributed by atoms with Crippen molar-refractivity contribution in [3.8, 4) is 0 Å². The lowest BCUT2D eigenvalue weighted by Gasteiger charge is -2.13. The first-order valence-corrected chi connectivity index (χ1v) is 3.66. The summed E-state index contributed by atoms with van der Waals surface area (Å²) in [5.74, 6) is -0.0778. The van der Waals surface area contributed by atoms with Gasteiger partial charge in [0.1, 0.15) is 0 Å². The van der Waals surface area contributed by atoms with Gasteiger partial charge >= 0.3 is 5.97 Å². The van der Waals surface area contributed by atoms with Gasteiger partial charge in [0.2, 0.25) is 0 Å². The van der Waals surface area contributed by atoms with Crippen molar-refractivity contribution in [2.24, 2.45) is 0 Å². The fourth-order valence-electron chi connectivity index (χ4n) is 1.08. The molecule has 0 aromatic rings. The van der Waals surface area contributed by atoms with Gasteiger partial charge in [0.25, 0.3) is 0 Å². The first-order chi connectivity index (χ1) is 4.83. The largest absolute Gasteiger partial charge is 0.465 e. The van der Waals surface area contributed by atoms with Crippen molar-refractivity contribution < 1.29 is 9.53 Å². The number of cyclic esters (lactones) is 1. The molecule has 56 valence electrons. The third-order valence-corrected chi connectivity index (χ3v) is 1.55. The molecule has 1 heterocycles. The van der Waals surface area contributed by atoms with Gasteiger partial charge in [-0.2, -0.15) is 0 Å². The molecule has 0 atom stereocenters. The topological polar surface area (TPSA) is 26.3 Å². The van der Waals surface area contributed by atoms with Crippen LogP contribution in [-0.4, -0.2) is 12.6 Å². The zero-order chi connectivity index (χ0) is 7.40. The Balaban J connectivity index is 2.47. The van der Waals surface area contributed by atoms with Gasteiger partial charge < -0.3 is 4.74 Å². The first-order valence-electron chi connectivity index (χ1n) is 3.66. The summed E-state index contributed by atoms with van der Waals surface area (Å²) in [4.78, 5) is 10.7. The second-order valence-electron chi connectivity index (χ2n) is 2.42. The van der Waals surface area contributed by atoms with Crippen molar-refractivity contribution in [3.63, 3.8) is 0 Å². The normalized spacial score (nSPS) is 22.9. The monoisotopic (exact) mass is 140 g/mol. The van der Waals surface area contributed by atoms with Crippen LogP contribution in [0.5, 0.6) is 0 Å². The maximum absolute atomic E-state index is 10.7. The number of carbonyl (C=O) groups is 1. The summed E-state index contributed by atoms with van der Waals surface area (Å²) < 4.78 is 4.77. The number of allylic oxidation sites excluding steroid dienone is 1. The minimum absolute atomic E-state index is 0.0778. The van der Waals surface area contributed by atoms with Crippen molar-refractivity contribution in [1.29, 1.82) is 0 Å². The molecule has 0 radical (unpaired) electrons. The summed E-state index contributed by atoms with van der Waals surface area (Å²) in [6, 6.07) is 0. The predicted molar refractivity (Wildman–Crippen MR) is 38.6 cm³/mol. The standard InChI is InChI=1S/C8H12O2/c1-2-3-7-4-5-10-8(9)6-7/h3H,2,4-6H2,1H3. The average molecular weight is 140 g/mol. The Kier molecular flexibility index (Phi) is 2.49. The molecule has 0 N–H and O–H groups in total. The number of hydrogen-bond donors (Lipinski definition) is 0. The van der Waals surface area contributed by atoms with Crippen LogP contribution in [0.3, 0.4) is 0 Å². The van der Waals surface area contributed by atoms with Crippen molar-refractivity contribution >= 4 is 5.97 Å². The lowest BCUT2D eigenvalue weighted by molar-refractivity contribution is -0.144. The van der Waals surface area contributed by atoms with Crippen LogP contribution in [0.2, 0.25) is 0 Å². The van der Waals surface area contributed by atoms with Crippen LogP contribution in [0.4, 0.5) is 0 Å². The van der Waals surface area contributed by atoms with Crippen molar-refractivity contribution in [2.45, 2.75) is 26.2 Å². The van der Waals surface area contributed by atoms with Crippen LogP contribution in [0.15, 0.2) is 11.6 Å². The van der Waals surface area contributed by atoms with E-state index in [4.69, 9.17) is 4.74 Å². The highest BCUT2D eigenvalue weighted by Gasteiger charge is 2.12. The minimum Gasteiger partial charge on any atom is -0.465 e. The fourth-order valence-corrected chi connectivity index (χ4v) is 1.08. The third-order valence-electron chi connectivity index (χ3n) is 1.55. The molecular weight excluding hydrogens is 128 g/mol. The summed E-state index contributed by atoms with van der Waals surface area (Å²) >= 11 is 0. The predicted octanol–water partition coefficient (Wildman–Crippen LogP) is 1.66. The van der Waals surface area contributed by atoms with Gasteiger partial charge in [0.05, 0.1) is 13.0 Å². The summed E-state index contributed by atoms with van der Waals surface area (Å²) in [7, 11) is 0. The molecule has 1 fully saturated rings. The molecule has 0 saturated carbocycles. The Morgan fingerprint density at radius 1 is 1.70 bits per heavy atom. The molecule has 0 aliphatic carbocycles. The molecule has 0 amide bonds. The van der Waals surface area contributed by atoms with Gasteiger partial charge in [-0.1, -0.05) is 18.6 Å². The van der Waals surface area contributed by atoms with E-state index in [0.717, 1.165) is 12.8 Å². The summed E-state index contributed by atoms with van der Waals surface area (Å²) in [6.07, 6.45) is 4.57. The van der Waals surface area contributed by atoms with E-state index in [1.807, 2.05) is 0 Å². The molecule has 0 spiro atoms. The summed E-state index contributed by atoms with van der Waals surface area (Å²) in [6.45, 7) is 2.65. The van der Waals surface area contributed by atoms with Crippen molar-refractivity contribution in [2.75, 3.05) is 6.61 Å². The molecule has 2 heteroatoms. The Hall–Kier alpha value is -0.790. The van der Waals surface area contributed by atoms with E-state index in [1.165, 1.54) is 5.57 Å². The third kappa shape index (κ3) is 1.87. The minimum atomic E-state index is -0.0778. The zero-order valence-corrected chi connectivity index (χ0v) is 6.22. The second kappa shape index (κ2) is 3.40. The molecule has 1 aliphatic heterocycles. The quantitative estimate of drug-likeness (QED) is 0.409. The van der Waals surface area contributed by atoms with E-state index in [2.05, 4.69) is 13.0 Å². The van der Waals surface area contributed by atoms with Crippen molar-refractivity contribution in [3.05, 3.63) is 11.6 Å². The molecule has 0 aromatic carbocycles. The van der Waals surface area contributed by atoms with Crippen molar-refractivity contribution in [1.82, 2.24) is 0 Å². The van der Waals surface area contributed by atoms with Gasteiger partial charge in [-0.25, -0.2) is 0 Å². The Labute approximate surface area is 60.9 Å². The SMILES string of the molecule is CCC=C1CCOC(=O)C1. The second-order valence-corrected chi connectivity index (χ2v) is 2.42. The zero-order valence-electron chi connectivity index (χ0n) is 6.22. The van der Waals surface area contributed by atoms with Crippen LogP contribution in [0, 0.1) is 0 Å². The lowest BCUT2D eigenvalue weighted by atomic mass is 10.1. The van der Waals surface area contributed by atoms with E-state index in [0.29, 0.717) is 13.0 Å². The Morgan fingerprint density at radius 2 is 2.50 bits per heavy atom. The average Bonchev–Trinajstić information content (AvgIpc) is 1.88. The Morgan fingerprint density at radius 3 is 3.10 bits per heavy atom. The Bertz CT molecular complexity index is 159. The molecule has 10 heavy (non-hydrogen) atoms. The number of esters is 1. The number of ether oxygens (including phenoxy) is 1. The molecule has 2 nitrogen and oxygen atoms in total. The fraction of sp³-hybridized carbons (Fsp3) is 0.625. The van der Waals surface area contributed by atoms with E-state index in [-0.39, 0.29) is 5.97 Å². The van der Waals surface area contributed by atoms with Crippen LogP contribution < -0.4 is 0 Å². The smallest absolute Gasteiger partial charge is 0.309 e. The van der Waals surface area contributed by atoms with Crippen LogP contribution in [0.1, 0.15) is 26.2 Å². The number of hydrogen-bond acceptors (Lipinski definition) is 2. The summed E-state index contributed by atoms with van der Waals surface area (Å²) in [5, 5.41) is 0. The number of carbonyl (C=O) groups excluding carboxylic acids is 1. The van der Waals surface area contributed by atoms with E-state index < -0.39 is 0 Å². The van der Waals surface area contributed by atoms with E-state index in [1.54, 1.807) is 0 Å². The summed E-state index contributed by atoms with van der Waals surface area (Å²) in [5.41, 5.74) is 1.23. The lowest BCUT2D eigenvalue weighted by Crippen LogP contribution is -2.13. The highest BCUT2D eigenvalue weighted by atomic mass is 16.5. The molecule has 0 bridgehead atoms. The molecular formula is C8H12O2. The van der Waals surface area contributed by atoms with Gasteiger partial charge in [-0.05, 0) is 6.42 Å².